The molecule has 1 heterocycles. The summed E-state index contributed by atoms with van der Waals surface area (Å²) in [6, 6.07) is 0. The van der Waals surface area contributed by atoms with Crippen molar-refractivity contribution in [2.75, 3.05) is 19.0 Å². The SMILES string of the molecule is CCCCCCCC/C=C\CCCCCCCC(=O)OC(COC(=O)CCCCCCCCCCCC)COC1OC(CS(=O)(=O)O)C(O)C(O)C1O. The van der Waals surface area contributed by atoms with Gasteiger partial charge in [-0.3, -0.25) is 14.1 Å². The Morgan fingerprint density at radius 3 is 1.57 bits per heavy atom. The highest BCUT2D eigenvalue weighted by Gasteiger charge is 2.46. The Balaban J connectivity index is 2.49. The van der Waals surface area contributed by atoms with Crippen LogP contribution in [0.4, 0.5) is 0 Å². The van der Waals surface area contributed by atoms with Crippen molar-refractivity contribution in [3.05, 3.63) is 12.2 Å². The molecule has 0 amide bonds. The van der Waals surface area contributed by atoms with Gasteiger partial charge in [-0.1, -0.05) is 135 Å². The number of aliphatic hydroxyl groups is 3. The Labute approximate surface area is 320 Å². The number of carbonyl (C=O) groups is 2. The van der Waals surface area contributed by atoms with Crippen LogP contribution in [0.2, 0.25) is 0 Å². The van der Waals surface area contributed by atoms with E-state index in [-0.39, 0.29) is 19.4 Å². The average molecular weight is 779 g/mol. The molecule has 0 aromatic heterocycles. The van der Waals surface area contributed by atoms with Crippen LogP contribution in [0, 0.1) is 0 Å². The molecule has 1 aliphatic rings. The van der Waals surface area contributed by atoms with Crippen LogP contribution < -0.4 is 0 Å². The minimum Gasteiger partial charge on any atom is -0.462 e. The molecule has 4 N–H and O–H groups in total. The van der Waals surface area contributed by atoms with Crippen LogP contribution in [0.3, 0.4) is 0 Å². The number of aliphatic hydroxyl groups excluding tert-OH is 3. The van der Waals surface area contributed by atoms with Crippen molar-refractivity contribution in [1.29, 1.82) is 0 Å². The number of allylic oxidation sites excluding steroid dienone is 2. The van der Waals surface area contributed by atoms with Gasteiger partial charge in [-0.2, -0.15) is 8.42 Å². The van der Waals surface area contributed by atoms with Gasteiger partial charge in [0.15, 0.2) is 12.4 Å². The zero-order valence-corrected chi connectivity index (χ0v) is 33.7. The smallest absolute Gasteiger partial charge is 0.306 e. The molecule has 6 unspecified atom stereocenters. The summed E-state index contributed by atoms with van der Waals surface area (Å²) in [7, 11) is -4.59. The number of carbonyl (C=O) groups excluding carboxylic acids is 2. The monoisotopic (exact) mass is 778 g/mol. The number of ether oxygens (including phenoxy) is 4. The molecule has 53 heavy (non-hydrogen) atoms. The Morgan fingerprint density at radius 1 is 0.623 bits per heavy atom. The van der Waals surface area contributed by atoms with Gasteiger partial charge in [0.25, 0.3) is 10.1 Å². The fraction of sp³-hybridized carbons (Fsp3) is 0.900. The maximum atomic E-state index is 12.7. The third-order valence-corrected chi connectivity index (χ3v) is 10.3. The van der Waals surface area contributed by atoms with Gasteiger partial charge in [-0.05, 0) is 38.5 Å². The third kappa shape index (κ3) is 26.8. The van der Waals surface area contributed by atoms with Gasteiger partial charge < -0.3 is 34.3 Å². The molecule has 0 saturated carbocycles. The van der Waals surface area contributed by atoms with Gasteiger partial charge in [-0.25, -0.2) is 0 Å². The largest absolute Gasteiger partial charge is 0.462 e. The molecule has 1 aliphatic heterocycles. The zero-order valence-electron chi connectivity index (χ0n) is 32.9. The third-order valence-electron chi connectivity index (χ3n) is 9.60. The minimum absolute atomic E-state index is 0.158. The summed E-state index contributed by atoms with van der Waals surface area (Å²) in [5.41, 5.74) is 0. The number of rotatable bonds is 34. The standard InChI is InChI=1S/C40H74O12S/c1-3-5-7-9-11-13-15-16-17-18-19-21-23-25-27-29-36(42)51-33(30-49-35(41)28-26-24-22-20-14-12-10-8-6-4-2)31-50-40-39(45)38(44)37(43)34(52-40)32-53(46,47)48/h16-17,33-34,37-40,43-45H,3-15,18-32H2,1-2H3,(H,46,47,48)/b17-16-. The average Bonchev–Trinajstić information content (AvgIpc) is 3.12. The van der Waals surface area contributed by atoms with Crippen molar-refractivity contribution in [2.45, 2.75) is 211 Å². The normalized spacial score (nSPS) is 21.2. The minimum atomic E-state index is -4.59. The molecule has 312 valence electrons. The predicted octanol–water partition coefficient (Wildman–Crippen LogP) is 7.50. The van der Waals surface area contributed by atoms with E-state index in [1.165, 1.54) is 77.0 Å². The molecular formula is C40H74O12S. The highest BCUT2D eigenvalue weighted by Crippen LogP contribution is 2.24. The first-order valence-electron chi connectivity index (χ1n) is 20.7. The molecule has 0 bridgehead atoms. The van der Waals surface area contributed by atoms with Crippen LogP contribution >= 0.6 is 0 Å². The van der Waals surface area contributed by atoms with Crippen molar-refractivity contribution < 1.29 is 56.8 Å². The summed E-state index contributed by atoms with van der Waals surface area (Å²) in [6.45, 7) is 3.72. The van der Waals surface area contributed by atoms with E-state index in [0.717, 1.165) is 57.8 Å². The van der Waals surface area contributed by atoms with Crippen LogP contribution in [0.5, 0.6) is 0 Å². The molecular weight excluding hydrogens is 704 g/mol. The molecule has 0 radical (unpaired) electrons. The molecule has 13 heteroatoms. The Hall–Kier alpha value is -1.61. The highest BCUT2D eigenvalue weighted by atomic mass is 32.2. The molecule has 0 aliphatic carbocycles. The fourth-order valence-corrected chi connectivity index (χ4v) is 7.01. The molecule has 6 atom stereocenters. The Morgan fingerprint density at radius 2 is 1.08 bits per heavy atom. The van der Waals surface area contributed by atoms with E-state index in [1.54, 1.807) is 0 Å². The van der Waals surface area contributed by atoms with Gasteiger partial charge in [0.1, 0.15) is 36.8 Å². The van der Waals surface area contributed by atoms with Gasteiger partial charge in [0.2, 0.25) is 0 Å². The fourth-order valence-electron chi connectivity index (χ4n) is 6.32. The summed E-state index contributed by atoms with van der Waals surface area (Å²) in [5.74, 6) is -1.99. The zero-order chi connectivity index (χ0) is 39.2. The second-order valence-electron chi connectivity index (χ2n) is 14.7. The van der Waals surface area contributed by atoms with E-state index in [4.69, 9.17) is 18.9 Å². The Bertz CT molecular complexity index is 1050. The van der Waals surface area contributed by atoms with E-state index < -0.39 is 71.2 Å². The molecule has 1 rings (SSSR count). The van der Waals surface area contributed by atoms with Crippen molar-refractivity contribution in [3.63, 3.8) is 0 Å². The maximum Gasteiger partial charge on any atom is 0.306 e. The maximum absolute atomic E-state index is 12.7. The highest BCUT2D eigenvalue weighted by molar-refractivity contribution is 7.85. The van der Waals surface area contributed by atoms with Crippen LogP contribution in [0.15, 0.2) is 12.2 Å². The van der Waals surface area contributed by atoms with Crippen LogP contribution in [-0.2, 0) is 38.7 Å². The van der Waals surface area contributed by atoms with Crippen LogP contribution in [0.25, 0.3) is 0 Å². The molecule has 1 fully saturated rings. The van der Waals surface area contributed by atoms with Crippen LogP contribution in [0.1, 0.15) is 174 Å². The lowest BCUT2D eigenvalue weighted by Crippen LogP contribution is -2.60. The first kappa shape index (κ1) is 49.4. The molecule has 0 spiro atoms. The van der Waals surface area contributed by atoms with E-state index >= 15 is 0 Å². The quantitative estimate of drug-likeness (QED) is 0.0219. The topological polar surface area (TPSA) is 186 Å². The van der Waals surface area contributed by atoms with E-state index in [1.807, 2.05) is 0 Å². The van der Waals surface area contributed by atoms with Crippen molar-refractivity contribution in [3.8, 4) is 0 Å². The lowest BCUT2D eigenvalue weighted by Gasteiger charge is -2.40. The summed E-state index contributed by atoms with van der Waals surface area (Å²) < 4.78 is 53.8. The van der Waals surface area contributed by atoms with Gasteiger partial charge in [-0.15, -0.1) is 0 Å². The summed E-state index contributed by atoms with van der Waals surface area (Å²) in [6.07, 6.45) is 21.3. The van der Waals surface area contributed by atoms with Crippen molar-refractivity contribution >= 4 is 22.1 Å². The number of hydrogen-bond acceptors (Lipinski definition) is 11. The lowest BCUT2D eigenvalue weighted by molar-refractivity contribution is -0.297. The van der Waals surface area contributed by atoms with Crippen molar-refractivity contribution in [1.82, 2.24) is 0 Å². The number of hydrogen-bond donors (Lipinski definition) is 4. The summed E-state index contributed by atoms with van der Waals surface area (Å²) >= 11 is 0. The lowest BCUT2D eigenvalue weighted by atomic mass is 10.00. The molecule has 0 aromatic carbocycles. The number of unbranched alkanes of at least 4 members (excludes halogenated alkanes) is 20. The first-order chi connectivity index (χ1) is 25.5. The second-order valence-corrected chi connectivity index (χ2v) is 16.2. The molecule has 1 saturated heterocycles. The van der Waals surface area contributed by atoms with E-state index in [0.29, 0.717) is 12.8 Å². The molecule has 12 nitrogen and oxygen atoms in total. The van der Waals surface area contributed by atoms with E-state index in [2.05, 4.69) is 26.0 Å². The molecule has 0 aromatic rings. The number of esters is 2. The summed E-state index contributed by atoms with van der Waals surface area (Å²) in [4.78, 5) is 25.2. The Kier molecular flexibility index (Phi) is 29.4. The van der Waals surface area contributed by atoms with Gasteiger partial charge >= 0.3 is 11.9 Å². The van der Waals surface area contributed by atoms with E-state index in [9.17, 15) is 37.9 Å². The summed E-state index contributed by atoms with van der Waals surface area (Å²) in [5, 5.41) is 30.8. The predicted molar refractivity (Wildman–Crippen MR) is 206 cm³/mol. The van der Waals surface area contributed by atoms with Crippen molar-refractivity contribution in [2.24, 2.45) is 0 Å². The first-order valence-corrected chi connectivity index (χ1v) is 22.4. The van der Waals surface area contributed by atoms with Gasteiger partial charge in [0, 0.05) is 12.8 Å². The second kappa shape index (κ2) is 31.6. The van der Waals surface area contributed by atoms with Gasteiger partial charge in [0.05, 0.1) is 6.61 Å². The van der Waals surface area contributed by atoms with Crippen LogP contribution in [-0.4, -0.2) is 96.0 Å².